The van der Waals surface area contributed by atoms with E-state index in [0.717, 1.165) is 47.2 Å². The van der Waals surface area contributed by atoms with Gasteiger partial charge < -0.3 is 19.5 Å². The Hall–Kier alpha value is -3.07. The Morgan fingerprint density at radius 2 is 1.95 bits per heavy atom. The number of hydrogen-bond acceptors (Lipinski definition) is 5. The van der Waals surface area contributed by atoms with Crippen molar-refractivity contribution in [2.24, 2.45) is 0 Å². The van der Waals surface area contributed by atoms with Crippen molar-refractivity contribution in [2.45, 2.75) is 37.5 Å². The second-order valence-electron chi connectivity index (χ2n) is 9.66. The molecule has 0 atom stereocenters. The summed E-state index contributed by atoms with van der Waals surface area (Å²) in [5.41, 5.74) is 1.00. The summed E-state index contributed by atoms with van der Waals surface area (Å²) in [4.78, 5) is 6.65. The van der Waals surface area contributed by atoms with Crippen molar-refractivity contribution in [1.82, 2.24) is 9.88 Å². The Morgan fingerprint density at radius 1 is 1.16 bits per heavy atom. The van der Waals surface area contributed by atoms with Crippen molar-refractivity contribution >= 4 is 17.2 Å². The minimum atomic E-state index is -4.57. The number of allylic oxidation sites excluding steroid dienone is 1. The zero-order chi connectivity index (χ0) is 26.9. The SMILES string of the molecule is COc1cccc2c1C/C(=C/CCN1CCC(O)(c3ccc(Cl)c(C(F)(F)F)c3)CC1)c1cccnc1O2. The predicted molar refractivity (Wildman–Crippen MR) is 140 cm³/mol. The molecule has 1 fully saturated rings. The zero-order valence-electron chi connectivity index (χ0n) is 20.9. The Balaban J connectivity index is 1.28. The van der Waals surface area contributed by atoms with Crippen LogP contribution in [0.5, 0.6) is 17.4 Å². The summed E-state index contributed by atoms with van der Waals surface area (Å²) in [6.07, 6.45) is 1.39. The number of piperidine rings is 1. The average molecular weight is 545 g/mol. The quantitative estimate of drug-likeness (QED) is 0.380. The van der Waals surface area contributed by atoms with E-state index in [1.165, 1.54) is 12.1 Å². The lowest BCUT2D eigenvalue weighted by molar-refractivity contribution is -0.137. The Morgan fingerprint density at radius 3 is 2.68 bits per heavy atom. The van der Waals surface area contributed by atoms with E-state index in [-0.39, 0.29) is 10.6 Å². The summed E-state index contributed by atoms with van der Waals surface area (Å²) in [5.74, 6) is 2.03. The maximum absolute atomic E-state index is 13.3. The van der Waals surface area contributed by atoms with Crippen LogP contribution in [-0.2, 0) is 18.2 Å². The first-order valence-electron chi connectivity index (χ1n) is 12.5. The summed E-state index contributed by atoms with van der Waals surface area (Å²) in [6, 6.07) is 13.3. The second-order valence-corrected chi connectivity index (χ2v) is 10.1. The third kappa shape index (κ3) is 5.39. The number of aromatic nitrogens is 1. The van der Waals surface area contributed by atoms with Gasteiger partial charge in [0, 0.05) is 43.4 Å². The summed E-state index contributed by atoms with van der Waals surface area (Å²) >= 11 is 5.76. The third-order valence-corrected chi connectivity index (χ3v) is 7.66. The zero-order valence-corrected chi connectivity index (χ0v) is 21.6. The highest BCUT2D eigenvalue weighted by molar-refractivity contribution is 6.31. The number of pyridine rings is 1. The highest BCUT2D eigenvalue weighted by Crippen LogP contribution is 2.42. The van der Waals surface area contributed by atoms with Crippen LogP contribution in [0.2, 0.25) is 5.02 Å². The number of nitrogens with zero attached hydrogens (tertiary/aromatic N) is 2. The van der Waals surface area contributed by atoms with E-state index in [1.807, 2.05) is 30.3 Å². The molecule has 1 aromatic heterocycles. The first-order chi connectivity index (χ1) is 18.2. The van der Waals surface area contributed by atoms with Crippen LogP contribution in [0.1, 0.15) is 41.5 Å². The molecule has 1 N–H and O–H groups in total. The standard InChI is InChI=1S/C29H28ClF3N2O3/c1-37-25-7-2-8-26-22(25)17-19(21-6-3-13-34-27(21)38-26)5-4-14-35-15-11-28(36,12-16-35)20-9-10-24(30)23(18-20)29(31,32)33/h2-3,5-10,13,18,36H,4,11-12,14-17H2,1H3/b19-5-. The molecule has 0 aliphatic carbocycles. The van der Waals surface area contributed by atoms with Gasteiger partial charge in [0.2, 0.25) is 5.88 Å². The van der Waals surface area contributed by atoms with Crippen LogP contribution in [0.15, 0.2) is 60.8 Å². The maximum atomic E-state index is 13.3. The van der Waals surface area contributed by atoms with Crippen molar-refractivity contribution in [3.8, 4) is 17.4 Å². The Labute approximate surface area is 224 Å². The van der Waals surface area contributed by atoms with Gasteiger partial charge >= 0.3 is 6.18 Å². The topological polar surface area (TPSA) is 54.8 Å². The molecule has 5 nitrogen and oxygen atoms in total. The number of aliphatic hydroxyl groups is 1. The van der Waals surface area contributed by atoms with Crippen LogP contribution < -0.4 is 9.47 Å². The second kappa shape index (κ2) is 10.6. The number of likely N-dealkylation sites (tertiary alicyclic amines) is 1. The molecule has 0 saturated carbocycles. The molecule has 0 radical (unpaired) electrons. The van der Waals surface area contributed by atoms with Gasteiger partial charge in [-0.2, -0.15) is 13.2 Å². The highest BCUT2D eigenvalue weighted by atomic mass is 35.5. The van der Waals surface area contributed by atoms with E-state index < -0.39 is 17.3 Å². The predicted octanol–water partition coefficient (Wildman–Crippen LogP) is 6.87. The summed E-state index contributed by atoms with van der Waals surface area (Å²) in [5, 5.41) is 10.8. The Kier molecular flexibility index (Phi) is 7.40. The number of methoxy groups -OCH3 is 1. The fraction of sp³-hybridized carbons (Fsp3) is 0.345. The van der Waals surface area contributed by atoms with E-state index >= 15 is 0 Å². The molecular formula is C29H28ClF3N2O3. The van der Waals surface area contributed by atoms with Crippen molar-refractivity contribution in [2.75, 3.05) is 26.7 Å². The van der Waals surface area contributed by atoms with Crippen LogP contribution >= 0.6 is 11.6 Å². The number of alkyl halides is 3. The number of ether oxygens (including phenoxy) is 2. The fourth-order valence-electron chi connectivity index (χ4n) is 5.18. The molecule has 2 aliphatic rings. The van der Waals surface area contributed by atoms with Crippen LogP contribution in [-0.4, -0.2) is 41.7 Å². The summed E-state index contributed by atoms with van der Waals surface area (Å²) in [6.45, 7) is 1.90. The number of halogens is 4. The lowest BCUT2D eigenvalue weighted by Crippen LogP contribution is -2.42. The van der Waals surface area contributed by atoms with Crippen molar-refractivity contribution < 1.29 is 27.8 Å². The van der Waals surface area contributed by atoms with E-state index in [1.54, 1.807) is 13.3 Å². The third-order valence-electron chi connectivity index (χ3n) is 7.33. The molecule has 3 aromatic rings. The minimum absolute atomic E-state index is 0.256. The molecule has 2 aliphatic heterocycles. The van der Waals surface area contributed by atoms with E-state index in [2.05, 4.69) is 16.0 Å². The number of hydrogen-bond donors (Lipinski definition) is 1. The van der Waals surface area contributed by atoms with Gasteiger partial charge in [-0.1, -0.05) is 29.8 Å². The molecule has 38 heavy (non-hydrogen) atoms. The van der Waals surface area contributed by atoms with Gasteiger partial charge in [0.05, 0.1) is 23.3 Å². The molecule has 5 rings (SSSR count). The molecule has 0 amide bonds. The van der Waals surface area contributed by atoms with Crippen LogP contribution in [0.4, 0.5) is 13.2 Å². The number of fused-ring (bicyclic) bond motifs is 2. The molecule has 0 spiro atoms. The van der Waals surface area contributed by atoms with Crippen molar-refractivity contribution in [1.29, 1.82) is 0 Å². The lowest BCUT2D eigenvalue weighted by Gasteiger charge is -2.38. The van der Waals surface area contributed by atoms with Gasteiger partial charge in [-0.05, 0) is 66.8 Å². The summed E-state index contributed by atoms with van der Waals surface area (Å²) in [7, 11) is 1.64. The molecule has 200 valence electrons. The van der Waals surface area contributed by atoms with Crippen molar-refractivity contribution in [3.05, 3.63) is 88.1 Å². The van der Waals surface area contributed by atoms with Gasteiger partial charge in [-0.15, -0.1) is 0 Å². The van der Waals surface area contributed by atoms with Gasteiger partial charge in [0.1, 0.15) is 11.5 Å². The Bertz CT molecular complexity index is 1350. The molecule has 1 saturated heterocycles. The van der Waals surface area contributed by atoms with Crippen molar-refractivity contribution in [3.63, 3.8) is 0 Å². The first kappa shape index (κ1) is 26.5. The van der Waals surface area contributed by atoms with Gasteiger partial charge in [0.25, 0.3) is 0 Å². The van der Waals surface area contributed by atoms with E-state index in [0.29, 0.717) is 38.2 Å². The van der Waals surface area contributed by atoms with Crippen LogP contribution in [0.3, 0.4) is 0 Å². The molecule has 3 heterocycles. The molecule has 9 heteroatoms. The molecule has 0 bridgehead atoms. The van der Waals surface area contributed by atoms with Crippen LogP contribution in [0, 0.1) is 0 Å². The normalized spacial score (nSPS) is 18.3. The average Bonchev–Trinajstić information content (AvgIpc) is 3.06. The largest absolute Gasteiger partial charge is 0.496 e. The van der Waals surface area contributed by atoms with E-state index in [9.17, 15) is 18.3 Å². The first-order valence-corrected chi connectivity index (χ1v) is 12.9. The maximum Gasteiger partial charge on any atom is 0.417 e. The monoisotopic (exact) mass is 544 g/mol. The fourth-order valence-corrected chi connectivity index (χ4v) is 5.41. The molecule has 2 aromatic carbocycles. The van der Waals surface area contributed by atoms with E-state index in [4.69, 9.17) is 21.1 Å². The smallest absolute Gasteiger partial charge is 0.417 e. The van der Waals surface area contributed by atoms with Crippen LogP contribution in [0.25, 0.3) is 5.57 Å². The number of benzene rings is 2. The molecular weight excluding hydrogens is 517 g/mol. The van der Waals surface area contributed by atoms with Gasteiger partial charge in [-0.3, -0.25) is 0 Å². The lowest BCUT2D eigenvalue weighted by atomic mass is 9.83. The summed E-state index contributed by atoms with van der Waals surface area (Å²) < 4.78 is 51.7. The highest BCUT2D eigenvalue weighted by Gasteiger charge is 2.38. The van der Waals surface area contributed by atoms with Gasteiger partial charge in [0.15, 0.2) is 0 Å². The molecule has 0 unspecified atom stereocenters. The minimum Gasteiger partial charge on any atom is -0.496 e. The van der Waals surface area contributed by atoms with Gasteiger partial charge in [-0.25, -0.2) is 4.98 Å². The number of rotatable bonds is 5.